The molecular weight excluding hydrogens is 138 g/mol. The molecule has 11 heavy (non-hydrogen) atoms. The molecule has 1 N–H and O–H groups in total. The van der Waals surface area contributed by atoms with Crippen molar-refractivity contribution < 1.29 is 4.79 Å². The molecule has 0 aliphatic heterocycles. The van der Waals surface area contributed by atoms with Gasteiger partial charge >= 0.3 is 0 Å². The Labute approximate surface area is 67.3 Å². The van der Waals surface area contributed by atoms with Crippen LogP contribution in [-0.4, -0.2) is 5.91 Å². The quantitative estimate of drug-likeness (QED) is 0.612. The molecule has 2 heteroatoms. The van der Waals surface area contributed by atoms with E-state index in [0.29, 0.717) is 5.70 Å². The highest BCUT2D eigenvalue weighted by Crippen LogP contribution is 1.97. The minimum atomic E-state index is -0.108. The smallest absolute Gasteiger partial charge is 0.221 e. The highest BCUT2D eigenvalue weighted by Gasteiger charge is 1.91. The van der Waals surface area contributed by atoms with Gasteiger partial charge in [0.2, 0.25) is 5.91 Å². The van der Waals surface area contributed by atoms with Gasteiger partial charge in [-0.05, 0) is 18.6 Å². The van der Waals surface area contributed by atoms with E-state index in [4.69, 9.17) is 0 Å². The molecule has 1 amide bonds. The van der Waals surface area contributed by atoms with Gasteiger partial charge in [0.05, 0.1) is 0 Å². The predicted molar refractivity (Wildman–Crippen MR) is 46.9 cm³/mol. The summed E-state index contributed by atoms with van der Waals surface area (Å²) in [6.45, 7) is 10.5. The van der Waals surface area contributed by atoms with Crippen LogP contribution < -0.4 is 5.32 Å². The molecule has 60 valence electrons. The summed E-state index contributed by atoms with van der Waals surface area (Å²) in [7, 11) is 0. The number of rotatable bonds is 3. The van der Waals surface area contributed by atoms with Crippen molar-refractivity contribution in [2.45, 2.75) is 13.8 Å². The van der Waals surface area contributed by atoms with E-state index < -0.39 is 0 Å². The summed E-state index contributed by atoms with van der Waals surface area (Å²) in [5, 5.41) is 2.55. The van der Waals surface area contributed by atoms with E-state index in [2.05, 4.69) is 18.5 Å². The first-order valence-corrected chi connectivity index (χ1v) is 3.33. The van der Waals surface area contributed by atoms with Crippen molar-refractivity contribution in [3.63, 3.8) is 0 Å². The van der Waals surface area contributed by atoms with Crippen LogP contribution in [0.4, 0.5) is 0 Å². The minimum absolute atomic E-state index is 0.108. The second-order valence-electron chi connectivity index (χ2n) is 2.30. The number of hydrogen-bond donors (Lipinski definition) is 1. The lowest BCUT2D eigenvalue weighted by Crippen LogP contribution is -2.16. The van der Waals surface area contributed by atoms with Crippen LogP contribution >= 0.6 is 0 Å². The lowest BCUT2D eigenvalue weighted by atomic mass is 10.2. The van der Waals surface area contributed by atoms with Crippen LogP contribution in [0.5, 0.6) is 0 Å². The van der Waals surface area contributed by atoms with Gasteiger partial charge in [0.1, 0.15) is 0 Å². The van der Waals surface area contributed by atoms with Crippen molar-refractivity contribution in [1.29, 1.82) is 0 Å². The SMILES string of the molecule is C=C/C(C)=C\C(=C)NC(C)=O. The van der Waals surface area contributed by atoms with E-state index in [9.17, 15) is 4.79 Å². The van der Waals surface area contributed by atoms with E-state index in [1.165, 1.54) is 6.92 Å². The Hall–Kier alpha value is -1.31. The van der Waals surface area contributed by atoms with Crippen LogP contribution in [0.25, 0.3) is 0 Å². The molecule has 0 aliphatic carbocycles. The van der Waals surface area contributed by atoms with Gasteiger partial charge in [-0.15, -0.1) is 0 Å². The predicted octanol–water partition coefficient (Wildman–Crippen LogP) is 1.77. The molecule has 0 aromatic heterocycles. The van der Waals surface area contributed by atoms with Crippen LogP contribution in [-0.2, 0) is 4.79 Å². The molecule has 0 radical (unpaired) electrons. The topological polar surface area (TPSA) is 29.1 Å². The van der Waals surface area contributed by atoms with Gasteiger partial charge < -0.3 is 5.32 Å². The maximum Gasteiger partial charge on any atom is 0.221 e. The zero-order valence-electron chi connectivity index (χ0n) is 6.98. The summed E-state index contributed by atoms with van der Waals surface area (Å²) in [6.07, 6.45) is 3.46. The lowest BCUT2D eigenvalue weighted by Gasteiger charge is -1.99. The fourth-order valence-electron chi connectivity index (χ4n) is 0.596. The molecule has 0 spiro atoms. The van der Waals surface area contributed by atoms with Crippen LogP contribution in [0.1, 0.15) is 13.8 Å². The summed E-state index contributed by atoms with van der Waals surface area (Å²) >= 11 is 0. The summed E-state index contributed by atoms with van der Waals surface area (Å²) < 4.78 is 0. The highest BCUT2D eigenvalue weighted by atomic mass is 16.1. The summed E-state index contributed by atoms with van der Waals surface area (Å²) in [6, 6.07) is 0. The van der Waals surface area contributed by atoms with Gasteiger partial charge in [0.25, 0.3) is 0 Å². The Morgan fingerprint density at radius 2 is 2.00 bits per heavy atom. The van der Waals surface area contributed by atoms with E-state index in [1.54, 1.807) is 12.2 Å². The summed E-state index contributed by atoms with van der Waals surface area (Å²) in [4.78, 5) is 10.5. The third-order valence-corrected chi connectivity index (χ3v) is 1.06. The monoisotopic (exact) mass is 151 g/mol. The van der Waals surface area contributed by atoms with Crippen LogP contribution in [0, 0.1) is 0 Å². The molecule has 0 saturated heterocycles. The average molecular weight is 151 g/mol. The number of nitrogens with one attached hydrogen (secondary N) is 1. The van der Waals surface area contributed by atoms with Gasteiger partial charge in [-0.1, -0.05) is 19.2 Å². The Morgan fingerprint density at radius 1 is 1.45 bits per heavy atom. The first-order chi connectivity index (χ1) is 5.06. The van der Waals surface area contributed by atoms with Crippen molar-refractivity contribution in [3.8, 4) is 0 Å². The molecule has 0 unspecified atom stereocenters. The van der Waals surface area contributed by atoms with Gasteiger partial charge in [-0.3, -0.25) is 4.79 Å². The number of carbonyl (C=O) groups excluding carboxylic acids is 1. The fourth-order valence-corrected chi connectivity index (χ4v) is 0.596. The van der Waals surface area contributed by atoms with E-state index in [1.807, 2.05) is 6.92 Å². The Kier molecular flexibility index (Phi) is 3.96. The Morgan fingerprint density at radius 3 is 2.36 bits per heavy atom. The first-order valence-electron chi connectivity index (χ1n) is 3.33. The second-order valence-corrected chi connectivity index (χ2v) is 2.30. The van der Waals surface area contributed by atoms with Crippen LogP contribution in [0.2, 0.25) is 0 Å². The molecular formula is C9H13NO. The molecule has 0 fully saturated rings. The van der Waals surface area contributed by atoms with Crippen molar-refractivity contribution in [2.75, 3.05) is 0 Å². The standard InChI is InChI=1S/C9H13NO/c1-5-7(2)6-8(3)10-9(4)11/h5-6H,1,3H2,2,4H3,(H,10,11)/b7-6-. The molecule has 0 aromatic carbocycles. The van der Waals surface area contributed by atoms with Gasteiger partial charge in [-0.25, -0.2) is 0 Å². The molecule has 0 rings (SSSR count). The molecule has 0 aromatic rings. The lowest BCUT2D eigenvalue weighted by molar-refractivity contribution is -0.118. The number of allylic oxidation sites excluding steroid dienone is 3. The third kappa shape index (κ3) is 5.15. The largest absolute Gasteiger partial charge is 0.327 e. The maximum absolute atomic E-state index is 10.5. The molecule has 0 heterocycles. The van der Waals surface area contributed by atoms with Crippen molar-refractivity contribution in [2.24, 2.45) is 0 Å². The van der Waals surface area contributed by atoms with Crippen molar-refractivity contribution >= 4 is 5.91 Å². The van der Waals surface area contributed by atoms with E-state index in [-0.39, 0.29) is 5.91 Å². The van der Waals surface area contributed by atoms with E-state index in [0.717, 1.165) is 5.57 Å². The van der Waals surface area contributed by atoms with Gasteiger partial charge in [0.15, 0.2) is 0 Å². The molecule has 0 bridgehead atoms. The average Bonchev–Trinajstić information content (AvgIpc) is 1.85. The van der Waals surface area contributed by atoms with Crippen LogP contribution in [0.3, 0.4) is 0 Å². The number of amides is 1. The fraction of sp³-hybridized carbons (Fsp3) is 0.222. The number of hydrogen-bond acceptors (Lipinski definition) is 1. The maximum atomic E-state index is 10.5. The molecule has 0 saturated carbocycles. The first kappa shape index (κ1) is 9.69. The Balaban J connectivity index is 4.07. The van der Waals surface area contributed by atoms with Crippen molar-refractivity contribution in [3.05, 3.63) is 36.6 Å². The summed E-state index contributed by atoms with van der Waals surface area (Å²) in [5.41, 5.74) is 1.57. The van der Waals surface area contributed by atoms with Gasteiger partial charge in [-0.2, -0.15) is 0 Å². The third-order valence-electron chi connectivity index (χ3n) is 1.06. The molecule has 2 nitrogen and oxygen atoms in total. The Bertz CT molecular complexity index is 214. The highest BCUT2D eigenvalue weighted by molar-refractivity contribution is 5.75. The van der Waals surface area contributed by atoms with Gasteiger partial charge in [0, 0.05) is 12.6 Å². The number of carbonyl (C=O) groups is 1. The summed E-state index contributed by atoms with van der Waals surface area (Å²) in [5.74, 6) is -0.108. The zero-order valence-corrected chi connectivity index (χ0v) is 6.98. The second kappa shape index (κ2) is 4.50. The zero-order chi connectivity index (χ0) is 8.85. The molecule has 0 atom stereocenters. The normalized spacial score (nSPS) is 10.5. The minimum Gasteiger partial charge on any atom is -0.327 e. The van der Waals surface area contributed by atoms with E-state index >= 15 is 0 Å². The van der Waals surface area contributed by atoms with Crippen molar-refractivity contribution in [1.82, 2.24) is 5.32 Å². The van der Waals surface area contributed by atoms with Crippen LogP contribution in [0.15, 0.2) is 36.6 Å². The molecule has 0 aliphatic rings.